The van der Waals surface area contributed by atoms with E-state index in [-0.39, 0.29) is 6.54 Å². The highest BCUT2D eigenvalue weighted by Crippen LogP contribution is 2.13. The first-order valence-electron chi connectivity index (χ1n) is 6.07. The molecule has 0 bridgehead atoms. The fraction of sp³-hybridized carbons (Fsp3) is 0.385. The molecule has 0 fully saturated rings. The average molecular weight is 304 g/mol. The molecule has 0 unspecified atom stereocenters. The molecule has 0 atom stereocenters. The van der Waals surface area contributed by atoms with Crippen LogP contribution >= 0.6 is 0 Å². The zero-order valence-corrected chi connectivity index (χ0v) is 11.3. The number of rotatable bonds is 6. The lowest BCUT2D eigenvalue weighted by Gasteiger charge is -2.09. The van der Waals surface area contributed by atoms with E-state index < -0.39 is 24.5 Å². The lowest BCUT2D eigenvalue weighted by Crippen LogP contribution is -2.43. The van der Waals surface area contributed by atoms with E-state index in [0.29, 0.717) is 12.2 Å². The lowest BCUT2D eigenvalue weighted by molar-refractivity contribution is -0.173. The molecule has 1 rings (SSSR count). The molecular formula is C13H15F3N2O3. The van der Waals surface area contributed by atoms with E-state index in [4.69, 9.17) is 4.74 Å². The smallest absolute Gasteiger partial charge is 0.471 e. The Morgan fingerprint density at radius 1 is 1.14 bits per heavy atom. The van der Waals surface area contributed by atoms with Crippen molar-refractivity contribution in [3.05, 3.63) is 29.8 Å². The molecule has 0 saturated heterocycles. The van der Waals surface area contributed by atoms with Crippen molar-refractivity contribution in [3.8, 4) is 5.75 Å². The first-order chi connectivity index (χ1) is 9.82. The van der Waals surface area contributed by atoms with Gasteiger partial charge in [0.1, 0.15) is 5.75 Å². The van der Waals surface area contributed by atoms with Gasteiger partial charge in [-0.1, -0.05) is 12.1 Å². The van der Waals surface area contributed by atoms with Crippen molar-refractivity contribution in [2.45, 2.75) is 12.6 Å². The monoisotopic (exact) mass is 304 g/mol. The number of amides is 2. The van der Waals surface area contributed by atoms with Crippen LogP contribution < -0.4 is 15.4 Å². The Kier molecular flexibility index (Phi) is 6.01. The topological polar surface area (TPSA) is 67.4 Å². The Morgan fingerprint density at radius 2 is 1.76 bits per heavy atom. The molecule has 116 valence electrons. The highest BCUT2D eigenvalue weighted by atomic mass is 19.4. The Bertz CT molecular complexity index is 486. The minimum Gasteiger partial charge on any atom is -0.497 e. The van der Waals surface area contributed by atoms with Gasteiger partial charge in [0, 0.05) is 6.54 Å². The molecule has 0 aliphatic carbocycles. The second kappa shape index (κ2) is 7.51. The number of carbonyl (C=O) groups excluding carboxylic acids is 2. The zero-order valence-electron chi connectivity index (χ0n) is 11.3. The molecule has 0 spiro atoms. The fourth-order valence-corrected chi connectivity index (χ4v) is 1.46. The Hall–Kier alpha value is -2.25. The Balaban J connectivity index is 2.25. The van der Waals surface area contributed by atoms with Crippen LogP contribution in [0.25, 0.3) is 0 Å². The van der Waals surface area contributed by atoms with Crippen LogP contribution in [0.3, 0.4) is 0 Å². The van der Waals surface area contributed by atoms with E-state index in [0.717, 1.165) is 5.56 Å². The van der Waals surface area contributed by atoms with Gasteiger partial charge in [0.05, 0.1) is 13.7 Å². The highest BCUT2D eigenvalue weighted by Gasteiger charge is 2.38. The van der Waals surface area contributed by atoms with Gasteiger partial charge in [0.25, 0.3) is 0 Å². The van der Waals surface area contributed by atoms with Gasteiger partial charge < -0.3 is 15.4 Å². The summed E-state index contributed by atoms with van der Waals surface area (Å²) in [6.07, 6.45) is -4.47. The molecule has 5 nitrogen and oxygen atoms in total. The van der Waals surface area contributed by atoms with Crippen LogP contribution in [0, 0.1) is 0 Å². The van der Waals surface area contributed by atoms with Gasteiger partial charge in [0.15, 0.2) is 0 Å². The summed E-state index contributed by atoms with van der Waals surface area (Å²) in [4.78, 5) is 21.7. The van der Waals surface area contributed by atoms with Crippen LogP contribution in [0.15, 0.2) is 24.3 Å². The second-order valence-electron chi connectivity index (χ2n) is 4.13. The highest BCUT2D eigenvalue weighted by molar-refractivity contribution is 5.87. The summed E-state index contributed by atoms with van der Waals surface area (Å²) in [5, 5.41) is 3.91. The van der Waals surface area contributed by atoms with Crippen LogP contribution in [-0.4, -0.2) is 38.2 Å². The van der Waals surface area contributed by atoms with Crippen molar-refractivity contribution in [2.24, 2.45) is 0 Å². The number of methoxy groups -OCH3 is 1. The predicted octanol–water partition coefficient (Wildman–Crippen LogP) is 1.03. The van der Waals surface area contributed by atoms with Crippen LogP contribution in [0.4, 0.5) is 13.2 Å². The summed E-state index contributed by atoms with van der Waals surface area (Å²) in [7, 11) is 1.55. The first kappa shape index (κ1) is 16.8. The number of nitrogens with one attached hydrogen (secondary N) is 2. The van der Waals surface area contributed by atoms with E-state index in [2.05, 4.69) is 5.32 Å². The van der Waals surface area contributed by atoms with Gasteiger partial charge in [-0.2, -0.15) is 13.2 Å². The summed E-state index contributed by atoms with van der Waals surface area (Å²) >= 11 is 0. The van der Waals surface area contributed by atoms with Gasteiger partial charge in [-0.25, -0.2) is 0 Å². The minimum absolute atomic E-state index is 0.257. The van der Waals surface area contributed by atoms with Crippen molar-refractivity contribution >= 4 is 11.8 Å². The number of benzene rings is 1. The minimum atomic E-state index is -4.98. The molecule has 1 aromatic carbocycles. The first-order valence-corrected chi connectivity index (χ1v) is 6.07. The number of carbonyl (C=O) groups is 2. The molecule has 0 heterocycles. The molecule has 0 aliphatic rings. The molecule has 0 saturated carbocycles. The summed E-state index contributed by atoms with van der Waals surface area (Å²) in [5.74, 6) is -2.11. The van der Waals surface area contributed by atoms with Crippen LogP contribution in [-0.2, 0) is 16.0 Å². The normalized spacial score (nSPS) is 10.9. The second-order valence-corrected chi connectivity index (χ2v) is 4.13. The zero-order chi connectivity index (χ0) is 15.9. The van der Waals surface area contributed by atoms with Gasteiger partial charge >= 0.3 is 12.1 Å². The van der Waals surface area contributed by atoms with Crippen molar-refractivity contribution in [2.75, 3.05) is 20.2 Å². The lowest BCUT2D eigenvalue weighted by atomic mass is 10.1. The molecule has 2 N–H and O–H groups in total. The number of hydrogen-bond donors (Lipinski definition) is 2. The summed E-state index contributed by atoms with van der Waals surface area (Å²) < 4.78 is 40.6. The molecular weight excluding hydrogens is 289 g/mol. The standard InChI is InChI=1S/C13H15F3N2O3/c1-21-10-4-2-9(3-5-10)6-7-17-11(19)8-18-12(20)13(14,15)16/h2-5H,6-8H2,1H3,(H,17,19)(H,18,20). The van der Waals surface area contributed by atoms with Gasteiger partial charge in [-0.3, -0.25) is 9.59 Å². The fourth-order valence-electron chi connectivity index (χ4n) is 1.46. The Labute approximate surface area is 119 Å². The third-order valence-corrected chi connectivity index (χ3v) is 2.56. The van der Waals surface area contributed by atoms with E-state index in [1.807, 2.05) is 12.1 Å². The van der Waals surface area contributed by atoms with Crippen molar-refractivity contribution in [3.63, 3.8) is 0 Å². The quantitative estimate of drug-likeness (QED) is 0.825. The molecule has 0 aromatic heterocycles. The maximum absolute atomic E-state index is 11.9. The van der Waals surface area contributed by atoms with E-state index in [1.165, 1.54) is 5.32 Å². The molecule has 0 aliphatic heterocycles. The SMILES string of the molecule is COc1ccc(CCNC(=O)CNC(=O)C(F)(F)F)cc1. The van der Waals surface area contributed by atoms with Crippen molar-refractivity contribution in [1.29, 1.82) is 0 Å². The van der Waals surface area contributed by atoms with Crippen molar-refractivity contribution in [1.82, 2.24) is 10.6 Å². The molecule has 1 aromatic rings. The molecule has 2 amide bonds. The maximum Gasteiger partial charge on any atom is 0.471 e. The average Bonchev–Trinajstić information content (AvgIpc) is 2.44. The largest absolute Gasteiger partial charge is 0.497 e. The Morgan fingerprint density at radius 3 is 2.29 bits per heavy atom. The number of ether oxygens (including phenoxy) is 1. The number of alkyl halides is 3. The van der Waals surface area contributed by atoms with Crippen LogP contribution in [0.1, 0.15) is 5.56 Å². The number of hydrogen-bond acceptors (Lipinski definition) is 3. The third-order valence-electron chi connectivity index (χ3n) is 2.56. The van der Waals surface area contributed by atoms with E-state index >= 15 is 0 Å². The van der Waals surface area contributed by atoms with Gasteiger partial charge in [0.2, 0.25) is 5.91 Å². The van der Waals surface area contributed by atoms with Gasteiger partial charge in [-0.15, -0.1) is 0 Å². The molecule has 21 heavy (non-hydrogen) atoms. The summed E-state index contributed by atoms with van der Waals surface area (Å²) in [6.45, 7) is -0.450. The predicted molar refractivity (Wildman–Crippen MR) is 68.8 cm³/mol. The number of halogens is 3. The van der Waals surface area contributed by atoms with Crippen LogP contribution in [0.2, 0.25) is 0 Å². The van der Waals surface area contributed by atoms with Crippen molar-refractivity contribution < 1.29 is 27.5 Å². The summed E-state index contributed by atoms with van der Waals surface area (Å²) in [6, 6.07) is 7.16. The van der Waals surface area contributed by atoms with Gasteiger partial charge in [-0.05, 0) is 24.1 Å². The van der Waals surface area contributed by atoms with E-state index in [1.54, 1.807) is 19.2 Å². The maximum atomic E-state index is 11.9. The van der Waals surface area contributed by atoms with Crippen LogP contribution in [0.5, 0.6) is 5.75 Å². The third kappa shape index (κ3) is 6.15. The van der Waals surface area contributed by atoms with E-state index in [9.17, 15) is 22.8 Å². The molecule has 0 radical (unpaired) electrons. The molecule has 8 heteroatoms. The summed E-state index contributed by atoms with van der Waals surface area (Å²) in [5.41, 5.74) is 0.940.